The van der Waals surface area contributed by atoms with Gasteiger partial charge < -0.3 is 4.57 Å². The van der Waals surface area contributed by atoms with E-state index in [-0.39, 0.29) is 0 Å². The van der Waals surface area contributed by atoms with Crippen molar-refractivity contribution in [2.24, 2.45) is 0 Å². The van der Waals surface area contributed by atoms with Gasteiger partial charge in [0.25, 0.3) is 0 Å². The molecule has 0 saturated heterocycles. The predicted octanol–water partition coefficient (Wildman–Crippen LogP) is 14.8. The van der Waals surface area contributed by atoms with E-state index in [2.05, 4.69) is 366 Å². The Balaban J connectivity index is 0.993. The van der Waals surface area contributed by atoms with Crippen LogP contribution in [0.3, 0.4) is 0 Å². The van der Waals surface area contributed by atoms with Crippen LogP contribution in [0.1, 0.15) is 0 Å². The Morgan fingerprint density at radius 2 is 0.483 bits per heavy atom. The second kappa shape index (κ2) is 21.4. The lowest BCUT2D eigenvalue weighted by Gasteiger charge is -2.34. The maximum absolute atomic E-state index is 5.96. The summed E-state index contributed by atoms with van der Waals surface area (Å²) < 4.78 is 7.25. The van der Waals surface area contributed by atoms with Gasteiger partial charge in [0.05, 0.1) is 33.1 Å². The Labute approximate surface area is 518 Å². The number of para-hydroxylation sites is 4. The summed E-state index contributed by atoms with van der Waals surface area (Å²) in [6, 6.07) is 131. The molecule has 6 heteroatoms. The van der Waals surface area contributed by atoms with Crippen molar-refractivity contribution >= 4 is 123 Å². The SMILES string of the molecule is c1ccc([Si](c2ccccc2)(c2ccccc2)c2ccc3c(c2)c2cc([Si](c4ccccc4)(c4ccccc4)c4ccccc4)ccc2n3-c2cc(-c3cccc(-n4c5ccccc5c5ccccc54)c3)cc(-n3c4ccccc4c4ccccc43)n2)cc1. The Kier molecular flexibility index (Phi) is 12.5. The molecule has 0 amide bonds. The Morgan fingerprint density at radius 3 is 0.820 bits per heavy atom. The molecule has 0 spiro atoms. The molecule has 4 heterocycles. The first-order chi connectivity index (χ1) is 44.2. The molecule has 0 N–H and O–H groups in total. The van der Waals surface area contributed by atoms with Crippen molar-refractivity contribution in [1.82, 2.24) is 18.7 Å². The molecular formula is C83H58N4Si2. The minimum Gasteiger partial charge on any atom is -0.309 e. The lowest BCUT2D eigenvalue weighted by atomic mass is 10.1. The van der Waals surface area contributed by atoms with Crippen LogP contribution in [0.5, 0.6) is 0 Å². The lowest BCUT2D eigenvalue weighted by Crippen LogP contribution is -2.74. The summed E-state index contributed by atoms with van der Waals surface area (Å²) in [5.41, 5.74) is 9.98. The lowest BCUT2D eigenvalue weighted by molar-refractivity contribution is 1.01. The van der Waals surface area contributed by atoms with E-state index in [1.165, 1.54) is 84.8 Å². The summed E-state index contributed by atoms with van der Waals surface area (Å²) in [5, 5.41) is 17.8. The van der Waals surface area contributed by atoms with E-state index in [0.717, 1.165) is 50.5 Å². The van der Waals surface area contributed by atoms with Crippen LogP contribution in [-0.2, 0) is 0 Å². The van der Waals surface area contributed by atoms with Gasteiger partial charge in [0.15, 0.2) is 16.1 Å². The molecule has 418 valence electrons. The van der Waals surface area contributed by atoms with Gasteiger partial charge in [0.1, 0.15) is 11.6 Å². The fourth-order valence-corrected chi connectivity index (χ4v) is 24.5. The van der Waals surface area contributed by atoms with Crippen LogP contribution in [0.2, 0.25) is 0 Å². The molecule has 0 atom stereocenters. The molecule has 89 heavy (non-hydrogen) atoms. The molecule has 0 aliphatic heterocycles. The first-order valence-electron chi connectivity index (χ1n) is 30.7. The molecule has 17 aromatic rings. The predicted molar refractivity (Wildman–Crippen MR) is 380 cm³/mol. The van der Waals surface area contributed by atoms with Crippen LogP contribution >= 0.6 is 0 Å². The highest BCUT2D eigenvalue weighted by atomic mass is 28.3. The van der Waals surface area contributed by atoms with Gasteiger partial charge in [-0.05, 0) is 113 Å². The van der Waals surface area contributed by atoms with Crippen molar-refractivity contribution < 1.29 is 0 Å². The van der Waals surface area contributed by atoms with Crippen LogP contribution in [0.15, 0.2) is 352 Å². The highest BCUT2D eigenvalue weighted by Crippen LogP contribution is 2.39. The fraction of sp³-hybridized carbons (Fsp3) is 0. The number of aromatic nitrogens is 4. The van der Waals surface area contributed by atoms with E-state index in [1.54, 1.807) is 0 Å². The second-order valence-electron chi connectivity index (χ2n) is 23.4. The normalized spacial score (nSPS) is 12.0. The number of pyridine rings is 1. The largest absolute Gasteiger partial charge is 0.309 e. The summed E-state index contributed by atoms with van der Waals surface area (Å²) in [7, 11) is -6.04. The second-order valence-corrected chi connectivity index (χ2v) is 31.0. The van der Waals surface area contributed by atoms with Crippen LogP contribution in [0, 0.1) is 0 Å². The fourth-order valence-electron chi connectivity index (χ4n) is 15.0. The van der Waals surface area contributed by atoms with Crippen molar-refractivity contribution in [1.29, 1.82) is 0 Å². The van der Waals surface area contributed by atoms with E-state index in [4.69, 9.17) is 4.98 Å². The van der Waals surface area contributed by atoms with Crippen LogP contribution < -0.4 is 41.5 Å². The van der Waals surface area contributed by atoms with Gasteiger partial charge in [-0.2, -0.15) is 0 Å². The number of fused-ring (bicyclic) bond motifs is 9. The van der Waals surface area contributed by atoms with Gasteiger partial charge in [0.2, 0.25) is 0 Å². The summed E-state index contributed by atoms with van der Waals surface area (Å²) >= 11 is 0. The zero-order valence-electron chi connectivity index (χ0n) is 48.8. The molecular weight excluding hydrogens is 1110 g/mol. The Hall–Kier alpha value is -11.2. The Morgan fingerprint density at radius 1 is 0.191 bits per heavy atom. The third-order valence-corrected chi connectivity index (χ3v) is 28.3. The maximum Gasteiger partial charge on any atom is 0.179 e. The van der Waals surface area contributed by atoms with Crippen LogP contribution in [0.4, 0.5) is 0 Å². The van der Waals surface area contributed by atoms with Gasteiger partial charge in [0, 0.05) is 38.0 Å². The third kappa shape index (κ3) is 8.22. The number of hydrogen-bond acceptors (Lipinski definition) is 1. The first-order valence-corrected chi connectivity index (χ1v) is 34.7. The quantitative estimate of drug-likeness (QED) is 0.0885. The van der Waals surface area contributed by atoms with Gasteiger partial charge in [-0.25, -0.2) is 4.98 Å². The smallest absolute Gasteiger partial charge is 0.179 e. The average molecular weight is 1170 g/mol. The molecule has 0 radical (unpaired) electrons. The minimum atomic E-state index is -3.02. The average Bonchev–Trinajstić information content (AvgIpc) is 1.75. The first kappa shape index (κ1) is 52.2. The van der Waals surface area contributed by atoms with Crippen molar-refractivity contribution in [3.63, 3.8) is 0 Å². The Bertz CT molecular complexity index is 5000. The van der Waals surface area contributed by atoms with Crippen molar-refractivity contribution in [2.45, 2.75) is 0 Å². The third-order valence-electron chi connectivity index (χ3n) is 18.7. The van der Waals surface area contributed by atoms with Gasteiger partial charge in [-0.1, -0.05) is 291 Å². The number of rotatable bonds is 12. The molecule has 4 aromatic heterocycles. The highest BCUT2D eigenvalue weighted by molar-refractivity contribution is 7.20. The summed E-state index contributed by atoms with van der Waals surface area (Å²) in [6.07, 6.45) is 0. The molecule has 0 bridgehead atoms. The zero-order valence-corrected chi connectivity index (χ0v) is 50.8. The van der Waals surface area contributed by atoms with Crippen molar-refractivity contribution in [3.8, 4) is 28.5 Å². The molecule has 0 aliphatic rings. The number of nitrogens with zero attached hydrogens (tertiary/aromatic N) is 4. The van der Waals surface area contributed by atoms with Gasteiger partial charge >= 0.3 is 0 Å². The highest BCUT2D eigenvalue weighted by Gasteiger charge is 2.43. The summed E-state index contributed by atoms with van der Waals surface area (Å²) in [6.45, 7) is 0. The van der Waals surface area contributed by atoms with E-state index < -0.39 is 16.1 Å². The topological polar surface area (TPSA) is 27.7 Å². The van der Waals surface area contributed by atoms with Crippen LogP contribution in [-0.4, -0.2) is 34.8 Å². The van der Waals surface area contributed by atoms with E-state index >= 15 is 0 Å². The zero-order chi connectivity index (χ0) is 58.9. The molecule has 0 unspecified atom stereocenters. The summed E-state index contributed by atoms with van der Waals surface area (Å²) in [5.74, 6) is 1.67. The molecule has 4 nitrogen and oxygen atoms in total. The summed E-state index contributed by atoms with van der Waals surface area (Å²) in [4.78, 5) is 5.96. The van der Waals surface area contributed by atoms with Gasteiger partial charge in [-0.3, -0.25) is 9.13 Å². The van der Waals surface area contributed by atoms with Crippen molar-refractivity contribution in [2.75, 3.05) is 0 Å². The maximum atomic E-state index is 5.96. The molecule has 0 aliphatic carbocycles. The van der Waals surface area contributed by atoms with E-state index in [0.29, 0.717) is 0 Å². The molecule has 17 rings (SSSR count). The monoisotopic (exact) mass is 1170 g/mol. The van der Waals surface area contributed by atoms with E-state index in [1.807, 2.05) is 0 Å². The van der Waals surface area contributed by atoms with E-state index in [9.17, 15) is 0 Å². The molecule has 0 fully saturated rings. The van der Waals surface area contributed by atoms with Crippen molar-refractivity contribution in [3.05, 3.63) is 352 Å². The minimum absolute atomic E-state index is 0.831. The molecule has 13 aromatic carbocycles. The van der Waals surface area contributed by atoms with Gasteiger partial charge in [-0.15, -0.1) is 0 Å². The number of hydrogen-bond donors (Lipinski definition) is 0. The standard InChI is InChI=1S/C83H58N4Si2/c1-7-30-62(31-8-1)88(63-32-9-2-10-33-63,64-34-11-3-12-35-64)68-50-52-80-74(57-68)75-58-69(89(65-36-13-4-14-37-65,66-38-15-5-16-39-66)67-40-17-6-18-41-67)51-53-81(75)87(80)83-56-60(55-82(84-83)86-78-48-25-21-44-72(78)73-45-22-26-49-79(73)86)59-28-27-29-61(54-59)85-76-46-23-19-42-70(76)71-43-20-24-47-77(71)85/h1-58H. The molecule has 0 saturated carbocycles. The van der Waals surface area contributed by atoms with Crippen LogP contribution in [0.25, 0.3) is 93.9 Å². The number of benzene rings is 13.